The molecule has 104 valence electrons. The Morgan fingerprint density at radius 1 is 1.26 bits per heavy atom. The fraction of sp³-hybridized carbons (Fsp3) is 0.385. The van der Waals surface area contributed by atoms with E-state index in [1.807, 2.05) is 0 Å². The lowest BCUT2D eigenvalue weighted by Gasteiger charge is -2.10. The second-order valence-electron chi connectivity index (χ2n) is 4.26. The predicted molar refractivity (Wildman–Crippen MR) is 71.4 cm³/mol. The molecule has 0 amide bonds. The molecule has 1 unspecified atom stereocenters. The number of hydrogen-bond acceptors (Lipinski definition) is 4. The summed E-state index contributed by atoms with van der Waals surface area (Å²) in [4.78, 5) is 22.9. The van der Waals surface area contributed by atoms with Crippen molar-refractivity contribution in [1.29, 1.82) is 0 Å². The number of hydrogen-bond donors (Lipinski definition) is 2. The molecule has 0 radical (unpaired) electrons. The van der Waals surface area contributed by atoms with Crippen LogP contribution in [0.5, 0.6) is 0 Å². The van der Waals surface area contributed by atoms with E-state index < -0.39 is 22.7 Å². The molecule has 0 aliphatic rings. The van der Waals surface area contributed by atoms with E-state index in [1.165, 1.54) is 6.26 Å². The first kappa shape index (κ1) is 15.5. The molecule has 0 aromatic heterocycles. The number of carboxylic acid groups (broad SMARTS) is 1. The maximum Gasteiger partial charge on any atom is 0.307 e. The van der Waals surface area contributed by atoms with Gasteiger partial charge in [0.1, 0.15) is 0 Å². The average Bonchev–Trinajstić information content (AvgIpc) is 2.37. The van der Waals surface area contributed by atoms with Gasteiger partial charge in [-0.1, -0.05) is 24.3 Å². The Morgan fingerprint density at radius 3 is 2.26 bits per heavy atom. The van der Waals surface area contributed by atoms with Crippen molar-refractivity contribution in [3.05, 3.63) is 35.4 Å². The van der Waals surface area contributed by atoms with Gasteiger partial charge >= 0.3 is 5.97 Å². The number of aliphatic carboxylic acids is 1. The van der Waals surface area contributed by atoms with Crippen molar-refractivity contribution in [2.24, 2.45) is 5.92 Å². The van der Waals surface area contributed by atoms with Gasteiger partial charge in [0.15, 0.2) is 5.78 Å². The fourth-order valence-electron chi connectivity index (χ4n) is 1.64. The van der Waals surface area contributed by atoms with Crippen molar-refractivity contribution in [2.45, 2.75) is 13.0 Å². The van der Waals surface area contributed by atoms with Gasteiger partial charge in [-0.3, -0.25) is 13.8 Å². The summed E-state index contributed by atoms with van der Waals surface area (Å²) in [6, 6.07) is 6.33. The average molecular weight is 284 g/mol. The summed E-state index contributed by atoms with van der Waals surface area (Å²) in [6.07, 6.45) is 1.24. The number of carboxylic acids is 1. The molecule has 2 atom stereocenters. The summed E-state index contributed by atoms with van der Waals surface area (Å²) >= 11 is 0. The minimum Gasteiger partial charge on any atom is -0.481 e. The molecule has 0 spiro atoms. The van der Waals surface area contributed by atoms with Gasteiger partial charge in [-0.25, -0.2) is 0 Å². The summed E-state index contributed by atoms with van der Waals surface area (Å²) in [7, 11) is -1.26. The van der Waals surface area contributed by atoms with Gasteiger partial charge in [-0.15, -0.1) is 0 Å². The lowest BCUT2D eigenvalue weighted by molar-refractivity contribution is -0.140. The van der Waals surface area contributed by atoms with Crippen molar-refractivity contribution in [1.82, 2.24) is 0 Å². The van der Waals surface area contributed by atoms with Gasteiger partial charge in [-0.05, 0) is 5.56 Å². The molecule has 5 nitrogen and oxygen atoms in total. The number of aliphatic hydroxyl groups is 1. The molecule has 0 bridgehead atoms. The highest BCUT2D eigenvalue weighted by atomic mass is 32.2. The lowest BCUT2D eigenvalue weighted by Crippen LogP contribution is -2.23. The number of carbonyl (C=O) groups excluding carboxylic acids is 1. The summed E-state index contributed by atoms with van der Waals surface area (Å²) in [5, 5.41) is 17.9. The van der Waals surface area contributed by atoms with Gasteiger partial charge in [-0.2, -0.15) is 0 Å². The van der Waals surface area contributed by atoms with Crippen molar-refractivity contribution >= 4 is 22.6 Å². The zero-order valence-corrected chi connectivity index (χ0v) is 11.4. The van der Waals surface area contributed by atoms with E-state index >= 15 is 0 Å². The van der Waals surface area contributed by atoms with Crippen LogP contribution in [-0.2, 0) is 22.2 Å². The van der Waals surface area contributed by atoms with Crippen LogP contribution >= 0.6 is 0 Å². The van der Waals surface area contributed by atoms with E-state index in [1.54, 1.807) is 24.3 Å². The van der Waals surface area contributed by atoms with Crippen LogP contribution in [-0.4, -0.2) is 38.2 Å². The second kappa shape index (κ2) is 7.16. The molecule has 0 aliphatic carbocycles. The molecule has 6 heteroatoms. The molecular formula is C13H16O5S. The normalized spacial score (nSPS) is 13.8. The van der Waals surface area contributed by atoms with Crippen LogP contribution in [0.25, 0.3) is 0 Å². The first-order valence-electron chi connectivity index (χ1n) is 5.70. The summed E-state index contributed by atoms with van der Waals surface area (Å²) in [6.45, 7) is -0.110. The van der Waals surface area contributed by atoms with E-state index in [-0.39, 0.29) is 24.6 Å². The summed E-state index contributed by atoms with van der Waals surface area (Å²) in [5.74, 6) is -2.38. The summed E-state index contributed by atoms with van der Waals surface area (Å²) in [5.41, 5.74) is 1.08. The molecule has 0 saturated carbocycles. The highest BCUT2D eigenvalue weighted by Crippen LogP contribution is 2.13. The molecule has 1 aromatic rings. The van der Waals surface area contributed by atoms with Crippen molar-refractivity contribution < 1.29 is 24.0 Å². The largest absolute Gasteiger partial charge is 0.481 e. The van der Waals surface area contributed by atoms with Gasteiger partial charge in [0.25, 0.3) is 0 Å². The van der Waals surface area contributed by atoms with E-state index in [4.69, 9.17) is 10.2 Å². The van der Waals surface area contributed by atoms with Crippen molar-refractivity contribution in [2.75, 3.05) is 12.0 Å². The zero-order valence-electron chi connectivity index (χ0n) is 10.5. The Balaban J connectivity index is 2.75. The maximum atomic E-state index is 11.9. The third kappa shape index (κ3) is 4.92. The standard InChI is InChI=1S/C13H16O5S/c1-19(18)8-11(13(16)17)6-12(15)10-4-2-9(7-14)3-5-10/h2-5,11,14H,6-8H2,1H3,(H,16,17)/t11-,19?/m0/s1. The number of benzene rings is 1. The highest BCUT2D eigenvalue weighted by molar-refractivity contribution is 7.84. The third-order valence-corrected chi connectivity index (χ3v) is 3.55. The topological polar surface area (TPSA) is 91.7 Å². The van der Waals surface area contributed by atoms with Gasteiger partial charge in [0.2, 0.25) is 0 Å². The van der Waals surface area contributed by atoms with E-state index in [0.717, 1.165) is 0 Å². The highest BCUT2D eigenvalue weighted by Gasteiger charge is 2.23. The smallest absolute Gasteiger partial charge is 0.307 e. The Hall–Kier alpha value is -1.53. The van der Waals surface area contributed by atoms with Crippen LogP contribution < -0.4 is 0 Å². The number of carbonyl (C=O) groups is 2. The molecule has 0 aliphatic heterocycles. The van der Waals surface area contributed by atoms with Crippen molar-refractivity contribution in [3.63, 3.8) is 0 Å². The third-order valence-electron chi connectivity index (χ3n) is 2.68. The fourth-order valence-corrected chi connectivity index (χ4v) is 2.47. The van der Waals surface area contributed by atoms with Crippen molar-refractivity contribution in [3.8, 4) is 0 Å². The zero-order chi connectivity index (χ0) is 14.4. The Bertz CT molecular complexity index is 480. The van der Waals surface area contributed by atoms with Crippen LogP contribution in [0.2, 0.25) is 0 Å². The van der Waals surface area contributed by atoms with Gasteiger partial charge < -0.3 is 10.2 Å². The molecule has 2 N–H and O–H groups in total. The second-order valence-corrected chi connectivity index (χ2v) is 5.74. The lowest BCUT2D eigenvalue weighted by atomic mass is 9.99. The Morgan fingerprint density at radius 2 is 1.84 bits per heavy atom. The molecule has 0 saturated heterocycles. The molecule has 1 aromatic carbocycles. The van der Waals surface area contributed by atoms with Gasteiger partial charge in [0, 0.05) is 34.8 Å². The van der Waals surface area contributed by atoms with Crippen LogP contribution in [0.1, 0.15) is 22.3 Å². The molecular weight excluding hydrogens is 268 g/mol. The number of ketones is 1. The number of Topliss-reactive ketones (excluding diaryl/α,β-unsaturated/α-hetero) is 1. The van der Waals surface area contributed by atoms with Crippen LogP contribution in [0.4, 0.5) is 0 Å². The van der Waals surface area contributed by atoms with Crippen LogP contribution in [0, 0.1) is 5.92 Å². The number of rotatable bonds is 7. The molecule has 19 heavy (non-hydrogen) atoms. The SMILES string of the molecule is CS(=O)C[C@H](CC(=O)c1ccc(CO)cc1)C(=O)O. The van der Waals surface area contributed by atoms with E-state index in [2.05, 4.69) is 0 Å². The quantitative estimate of drug-likeness (QED) is 0.724. The minimum atomic E-state index is -1.26. The molecule has 0 fully saturated rings. The van der Waals surface area contributed by atoms with E-state index in [9.17, 15) is 13.8 Å². The Labute approximate surface area is 113 Å². The first-order chi connectivity index (χ1) is 8.93. The van der Waals surface area contributed by atoms with Crippen LogP contribution in [0.15, 0.2) is 24.3 Å². The molecule has 1 rings (SSSR count). The first-order valence-corrected chi connectivity index (χ1v) is 7.42. The predicted octanol–water partition coefficient (Wildman–Crippen LogP) is 0.831. The van der Waals surface area contributed by atoms with E-state index in [0.29, 0.717) is 11.1 Å². The van der Waals surface area contributed by atoms with Crippen LogP contribution in [0.3, 0.4) is 0 Å². The Kier molecular flexibility index (Phi) is 5.85. The monoisotopic (exact) mass is 284 g/mol. The molecule has 0 heterocycles. The minimum absolute atomic E-state index is 0.0319. The maximum absolute atomic E-state index is 11.9. The summed E-state index contributed by atoms with van der Waals surface area (Å²) < 4.78 is 11.1. The number of aliphatic hydroxyl groups excluding tert-OH is 1. The van der Waals surface area contributed by atoms with Gasteiger partial charge in [0.05, 0.1) is 12.5 Å².